The molecule has 1 fully saturated rings. The summed E-state index contributed by atoms with van der Waals surface area (Å²) in [7, 11) is -3.59. The molecule has 2 N–H and O–H groups in total. The van der Waals surface area contributed by atoms with Gasteiger partial charge in [-0.25, -0.2) is 13.1 Å². The molecule has 0 saturated carbocycles. The maximum atomic E-state index is 12.4. The quantitative estimate of drug-likeness (QED) is 0.585. The summed E-state index contributed by atoms with van der Waals surface area (Å²) in [6.45, 7) is 9.66. The minimum absolute atomic E-state index is 0.115. The highest BCUT2D eigenvalue weighted by molar-refractivity contribution is 7.89. The highest BCUT2D eigenvalue weighted by Crippen LogP contribution is 2.18. The summed E-state index contributed by atoms with van der Waals surface area (Å²) in [6.07, 6.45) is 4.00. The van der Waals surface area contributed by atoms with Crippen molar-refractivity contribution in [1.82, 2.24) is 14.9 Å². The molecule has 2 aromatic carbocycles. The summed E-state index contributed by atoms with van der Waals surface area (Å²) in [5.41, 5.74) is 2.72. The number of carbonyl (C=O) groups is 1. The largest absolute Gasteiger partial charge is 0.348 e. The molecule has 31 heavy (non-hydrogen) atoms. The summed E-state index contributed by atoms with van der Waals surface area (Å²) < 4.78 is 26.6. The first-order valence-electron chi connectivity index (χ1n) is 10.7. The van der Waals surface area contributed by atoms with Crippen LogP contribution in [-0.2, 0) is 23.1 Å². The summed E-state index contributed by atoms with van der Waals surface area (Å²) in [4.78, 5) is 15.0. The number of carbonyl (C=O) groups excluding carboxylic acids is 1. The Morgan fingerprint density at radius 1 is 1.06 bits per heavy atom. The highest BCUT2D eigenvalue weighted by Gasteiger charge is 2.16. The van der Waals surface area contributed by atoms with Crippen molar-refractivity contribution >= 4 is 15.9 Å². The number of sulfonamides is 1. The monoisotopic (exact) mass is 441 g/mol. The minimum Gasteiger partial charge on any atom is -0.348 e. The molecule has 2 aromatic rings. The molecule has 1 aliphatic rings. The SMILES string of the molecule is C=CCNS(=O)(=O)c1ccc(C(=O)NCc2ccc(CN3CCC(C)CC3)cc2)cc1. The molecule has 166 valence electrons. The zero-order chi connectivity index (χ0) is 22.3. The number of hydrogen-bond donors (Lipinski definition) is 2. The molecule has 0 aliphatic carbocycles. The lowest BCUT2D eigenvalue weighted by molar-refractivity contribution is 0.0951. The maximum absolute atomic E-state index is 12.4. The van der Waals surface area contributed by atoms with E-state index >= 15 is 0 Å². The van der Waals surface area contributed by atoms with E-state index in [9.17, 15) is 13.2 Å². The van der Waals surface area contributed by atoms with E-state index < -0.39 is 10.0 Å². The Morgan fingerprint density at radius 3 is 2.29 bits per heavy atom. The molecule has 7 heteroatoms. The normalized spacial score (nSPS) is 15.5. The van der Waals surface area contributed by atoms with Crippen molar-refractivity contribution in [1.29, 1.82) is 0 Å². The Labute approximate surface area is 185 Å². The third-order valence-electron chi connectivity index (χ3n) is 5.60. The van der Waals surface area contributed by atoms with Gasteiger partial charge in [-0.2, -0.15) is 0 Å². The van der Waals surface area contributed by atoms with Crippen LogP contribution in [0.3, 0.4) is 0 Å². The van der Waals surface area contributed by atoms with Gasteiger partial charge in [0.2, 0.25) is 10.0 Å². The molecule has 0 bridgehead atoms. The summed E-state index contributed by atoms with van der Waals surface area (Å²) >= 11 is 0. The fourth-order valence-corrected chi connectivity index (χ4v) is 4.56. The predicted octanol–water partition coefficient (Wildman–Crippen LogP) is 3.31. The molecule has 0 unspecified atom stereocenters. The Morgan fingerprint density at radius 2 is 1.68 bits per heavy atom. The topological polar surface area (TPSA) is 78.5 Å². The lowest BCUT2D eigenvalue weighted by Gasteiger charge is -2.30. The van der Waals surface area contributed by atoms with E-state index in [0.717, 1.165) is 31.1 Å². The van der Waals surface area contributed by atoms with Gasteiger partial charge in [-0.3, -0.25) is 9.69 Å². The van der Waals surface area contributed by atoms with Crippen LogP contribution in [0.25, 0.3) is 0 Å². The second kappa shape index (κ2) is 10.7. The van der Waals surface area contributed by atoms with Crippen LogP contribution in [0.5, 0.6) is 0 Å². The number of rotatable bonds is 9. The summed E-state index contributed by atoms with van der Waals surface area (Å²) in [6, 6.07) is 14.2. The van der Waals surface area contributed by atoms with Gasteiger partial charge in [0, 0.05) is 25.2 Å². The number of hydrogen-bond acceptors (Lipinski definition) is 4. The third-order valence-corrected chi connectivity index (χ3v) is 7.04. The van der Waals surface area contributed by atoms with E-state index in [1.54, 1.807) is 0 Å². The van der Waals surface area contributed by atoms with E-state index in [2.05, 4.69) is 40.6 Å². The molecule has 1 amide bonds. The van der Waals surface area contributed by atoms with Crippen LogP contribution >= 0.6 is 0 Å². The second-order valence-corrected chi connectivity index (χ2v) is 9.89. The Balaban J connectivity index is 1.50. The van der Waals surface area contributed by atoms with Crippen molar-refractivity contribution in [2.24, 2.45) is 5.92 Å². The zero-order valence-electron chi connectivity index (χ0n) is 18.0. The standard InChI is InChI=1S/C24H31N3O3S/c1-3-14-26-31(29,30)23-10-8-22(9-11-23)24(28)25-17-20-4-6-21(7-5-20)18-27-15-12-19(2)13-16-27/h3-11,19,26H,1,12-18H2,2H3,(H,25,28). The van der Waals surface area contributed by atoms with Crippen molar-refractivity contribution in [3.8, 4) is 0 Å². The van der Waals surface area contributed by atoms with Gasteiger partial charge in [0.15, 0.2) is 0 Å². The minimum atomic E-state index is -3.59. The van der Waals surface area contributed by atoms with Crippen LogP contribution in [0.15, 0.2) is 66.1 Å². The van der Waals surface area contributed by atoms with E-state index in [0.29, 0.717) is 12.1 Å². The van der Waals surface area contributed by atoms with E-state index in [-0.39, 0.29) is 17.3 Å². The number of likely N-dealkylation sites (tertiary alicyclic amines) is 1. The lowest BCUT2D eigenvalue weighted by Crippen LogP contribution is -2.32. The molecule has 0 radical (unpaired) electrons. The predicted molar refractivity (Wildman–Crippen MR) is 123 cm³/mol. The number of nitrogens with zero attached hydrogens (tertiary/aromatic N) is 1. The Kier molecular flexibility index (Phi) is 8.01. The lowest BCUT2D eigenvalue weighted by atomic mass is 9.99. The molecular formula is C24H31N3O3S. The average Bonchev–Trinajstić information content (AvgIpc) is 2.78. The van der Waals surface area contributed by atoms with E-state index in [4.69, 9.17) is 0 Å². The van der Waals surface area contributed by atoms with E-state index in [1.807, 2.05) is 12.1 Å². The first kappa shape index (κ1) is 23.2. The molecular weight excluding hydrogens is 410 g/mol. The third kappa shape index (κ3) is 6.75. The first-order valence-corrected chi connectivity index (χ1v) is 12.1. The van der Waals surface area contributed by atoms with Gasteiger partial charge in [-0.1, -0.05) is 37.3 Å². The van der Waals surface area contributed by atoms with Crippen molar-refractivity contribution in [2.45, 2.75) is 37.8 Å². The van der Waals surface area contributed by atoms with Crippen LogP contribution in [-0.4, -0.2) is 38.9 Å². The molecule has 3 rings (SSSR count). The molecule has 1 aliphatic heterocycles. The van der Waals surface area contributed by atoms with E-state index in [1.165, 1.54) is 48.7 Å². The van der Waals surface area contributed by atoms with Gasteiger partial charge in [-0.05, 0) is 67.2 Å². The van der Waals surface area contributed by atoms with Gasteiger partial charge in [-0.15, -0.1) is 6.58 Å². The molecule has 0 atom stereocenters. The Hall–Kier alpha value is -2.48. The summed E-state index contributed by atoms with van der Waals surface area (Å²) in [5.74, 6) is 0.589. The molecule has 0 spiro atoms. The Bertz CT molecular complexity index is 978. The van der Waals surface area contributed by atoms with Gasteiger partial charge in [0.1, 0.15) is 0 Å². The van der Waals surface area contributed by atoms with Crippen molar-refractivity contribution in [2.75, 3.05) is 19.6 Å². The molecule has 0 aromatic heterocycles. The van der Waals surface area contributed by atoms with Crippen LogP contribution in [0.1, 0.15) is 41.3 Å². The van der Waals surface area contributed by atoms with Gasteiger partial charge in [0.25, 0.3) is 5.91 Å². The highest BCUT2D eigenvalue weighted by atomic mass is 32.2. The van der Waals surface area contributed by atoms with Crippen molar-refractivity contribution in [3.63, 3.8) is 0 Å². The average molecular weight is 442 g/mol. The van der Waals surface area contributed by atoms with Gasteiger partial charge >= 0.3 is 0 Å². The van der Waals surface area contributed by atoms with Crippen LogP contribution < -0.4 is 10.0 Å². The van der Waals surface area contributed by atoms with Crippen molar-refractivity contribution in [3.05, 3.63) is 77.9 Å². The van der Waals surface area contributed by atoms with Gasteiger partial charge in [0.05, 0.1) is 4.90 Å². The number of nitrogens with one attached hydrogen (secondary N) is 2. The molecule has 6 nitrogen and oxygen atoms in total. The zero-order valence-corrected chi connectivity index (χ0v) is 18.8. The summed E-state index contributed by atoms with van der Waals surface area (Å²) in [5, 5.41) is 2.89. The maximum Gasteiger partial charge on any atom is 0.251 e. The fourth-order valence-electron chi connectivity index (χ4n) is 3.56. The smallest absolute Gasteiger partial charge is 0.251 e. The first-order chi connectivity index (χ1) is 14.9. The van der Waals surface area contributed by atoms with Crippen LogP contribution in [0, 0.1) is 5.92 Å². The molecule has 1 heterocycles. The molecule has 1 saturated heterocycles. The number of amides is 1. The van der Waals surface area contributed by atoms with Crippen LogP contribution in [0.4, 0.5) is 0 Å². The van der Waals surface area contributed by atoms with Crippen LogP contribution in [0.2, 0.25) is 0 Å². The number of piperidine rings is 1. The van der Waals surface area contributed by atoms with Crippen molar-refractivity contribution < 1.29 is 13.2 Å². The fraction of sp³-hybridized carbons (Fsp3) is 0.375. The second-order valence-electron chi connectivity index (χ2n) is 8.12. The van der Waals surface area contributed by atoms with Gasteiger partial charge < -0.3 is 5.32 Å². The number of benzene rings is 2.